The molecular weight excluding hydrogens is 1860 g/mol. The summed E-state index contributed by atoms with van der Waals surface area (Å²) in [7, 11) is 0. The highest BCUT2D eigenvalue weighted by Crippen LogP contribution is 2.48. The van der Waals surface area contributed by atoms with Gasteiger partial charge >= 0.3 is 18.5 Å². The maximum Gasteiger partial charge on any atom is 0.416 e. The van der Waals surface area contributed by atoms with Crippen LogP contribution in [0.15, 0.2) is 102 Å². The van der Waals surface area contributed by atoms with E-state index in [4.69, 9.17) is 11.6 Å². The smallest absolute Gasteiger partial charge is 0.391 e. The van der Waals surface area contributed by atoms with Gasteiger partial charge in [0.05, 0.1) is 41.5 Å². The third-order valence-electron chi connectivity index (χ3n) is 26.6. The number of carbonyl (C=O) groups excluding carboxylic acids is 10. The number of aliphatic hydroxyl groups is 3. The van der Waals surface area contributed by atoms with Crippen LogP contribution in [0.3, 0.4) is 0 Å². The molecule has 12 heterocycles. The molecule has 7 aromatic rings. The van der Waals surface area contributed by atoms with Crippen molar-refractivity contribution in [2.75, 3.05) is 32.7 Å². The number of aliphatic hydroxyl groups excluding tert-OH is 3. The molecule has 4 atom stereocenters. The van der Waals surface area contributed by atoms with E-state index >= 15 is 0 Å². The minimum atomic E-state index is -4.66. The van der Waals surface area contributed by atoms with Gasteiger partial charge in [0.25, 0.3) is 59.1 Å². The van der Waals surface area contributed by atoms with Gasteiger partial charge in [-0.25, -0.2) is 4.98 Å². The molecule has 3 saturated heterocycles. The Balaban J connectivity index is 0.000000136. The fraction of sp³-hybridized carbons (Fsp3) is 0.500. The predicted octanol–water partition coefficient (Wildman–Crippen LogP) is 17.4. The maximum atomic E-state index is 13.6. The molecule has 0 spiro atoms. The van der Waals surface area contributed by atoms with E-state index in [9.17, 15) is 103 Å². The second kappa shape index (κ2) is 40.7. The second-order valence-electron chi connectivity index (χ2n) is 38.5. The lowest BCUT2D eigenvalue weighted by Gasteiger charge is -2.22. The summed E-state index contributed by atoms with van der Waals surface area (Å²) < 4.78 is 120. The zero-order valence-electron chi connectivity index (χ0n) is 78.6. The molecule has 0 radical (unpaired) electrons. The first-order valence-electron chi connectivity index (χ1n) is 46.1. The average Bonchev–Trinajstić information content (AvgIpc) is 1.60. The van der Waals surface area contributed by atoms with Gasteiger partial charge < -0.3 is 64.3 Å². The van der Waals surface area contributed by atoms with Gasteiger partial charge in [-0.15, -0.1) is 0 Å². The van der Waals surface area contributed by atoms with Crippen molar-refractivity contribution in [2.24, 2.45) is 0 Å². The van der Waals surface area contributed by atoms with Gasteiger partial charge in [0.15, 0.2) is 0 Å². The predicted molar refractivity (Wildman–Crippen MR) is 492 cm³/mol. The minimum absolute atomic E-state index is 0.0398. The molecule has 136 heavy (non-hydrogen) atoms. The summed E-state index contributed by atoms with van der Waals surface area (Å²) in [4.78, 5) is 148. The Hall–Kier alpha value is -10.9. The Morgan fingerprint density at radius 1 is 0.375 bits per heavy atom. The SMILES string of the molecule is CC(C)N1Cc2c(Br)cccc2C1=O.CC(C)N1Cc2c(cc(C(=O)N3CC(O)CC3C)cc2C(F)(F)F)C1=O.CC(C)N1Cc2c(cc(C(=O)N3CCC(O)C3)cc2C(F)(F)F)C1=O.CC(C)N1Cc2c(cc(C(=O)N3CCC(O)C3)cc2C2CC2)C1=O.CC(C)N1Cc2c(cccc2C(F)(F)F)C1=O.CC(C)N1Cc2c(ccnc2C2CC2)C1=O.CC(C)N1Cc2c(ccnc2Cl)C1=O. The summed E-state index contributed by atoms with van der Waals surface area (Å²) in [6.07, 6.45) is -6.00. The lowest BCUT2D eigenvalue weighted by molar-refractivity contribution is -0.139. The number of hydrogen-bond acceptors (Lipinski definition) is 15. The number of fused-ring (bicyclic) bond motifs is 7. The Morgan fingerprint density at radius 2 is 0.706 bits per heavy atom. The number of rotatable bonds is 12. The highest BCUT2D eigenvalue weighted by Gasteiger charge is 2.48. The zero-order valence-corrected chi connectivity index (χ0v) is 81.0. The fourth-order valence-corrected chi connectivity index (χ4v) is 19.4. The normalized spacial score (nSPS) is 19.7. The third kappa shape index (κ3) is 21.7. The lowest BCUT2D eigenvalue weighted by Crippen LogP contribution is -2.34. The van der Waals surface area contributed by atoms with E-state index in [1.54, 1.807) is 82.8 Å². The topological polar surface area (TPSA) is 290 Å². The second-order valence-corrected chi connectivity index (χ2v) is 39.7. The number of amides is 10. The molecular formula is C100H115BrClF9N12O13. The van der Waals surface area contributed by atoms with Crippen molar-refractivity contribution in [3.05, 3.63) is 229 Å². The highest BCUT2D eigenvalue weighted by molar-refractivity contribution is 9.10. The number of hydrogen-bond donors (Lipinski definition) is 3. The van der Waals surface area contributed by atoms with Gasteiger partial charge in [-0.05, 0) is 261 Å². The van der Waals surface area contributed by atoms with E-state index in [-0.39, 0.29) is 168 Å². The van der Waals surface area contributed by atoms with Crippen molar-refractivity contribution in [1.29, 1.82) is 0 Å². The van der Waals surface area contributed by atoms with Crippen molar-refractivity contribution < 1.29 is 103 Å². The molecule has 36 heteroatoms. The molecule has 2 saturated carbocycles. The number of likely N-dealkylation sites (tertiary alicyclic amines) is 3. The molecule has 12 aliphatic rings. The summed E-state index contributed by atoms with van der Waals surface area (Å²) in [6.45, 7) is 32.4. The van der Waals surface area contributed by atoms with Gasteiger partial charge in [0.1, 0.15) is 5.15 Å². The standard InChI is InChI=1S/C19H24N2O3.C18H21F3N2O3.C17H19F3N2O3.C13H16N2O.C12H12F3NO.C11H12BrNO.C10H11ClN2O/c1-11(2)21-10-17-15(12-3-4-12)7-13(8-16(17)19(21)24)18(23)20-6-5-14(22)9-20;1-9(2)22-8-14-13(17(22)26)5-11(6-15(14)18(19,20)21)16(25)23-7-12(24)4-10(23)3;1-9(2)22-8-13-12(16(22)25)5-10(6-14(13)17(18,19)20)15(24)21-4-3-11(23)7-21;1-8(2)15-7-11-10(13(15)16)5-6-14-12(11)9-3-4-9;1-7(2)16-6-9-8(11(16)17)4-3-5-10(9)12(13,14)15;1-7(2)13-6-9-8(11(13)14)4-3-5-10(9)12;1-6(2)13-5-8-7(10(13)14)3-4-12-9(8)11/h7-8,11-12,14,22H,3-6,9-10H2,1-2H3;5-6,9-10,12,24H,4,7-8H2,1-3H3;5-6,9,11,23H,3-4,7-8H2,1-2H3;5-6,8-9H,3-4,7H2,1-2H3;3-5,7H,6H2,1-2H3;3-5,7H,6H2,1-2H3;3-4,6H,5H2,1-2H3. The first kappa shape index (κ1) is 103. The van der Waals surface area contributed by atoms with Crippen LogP contribution in [-0.4, -0.2) is 233 Å². The summed E-state index contributed by atoms with van der Waals surface area (Å²) >= 11 is 9.39. The van der Waals surface area contributed by atoms with E-state index in [0.717, 1.165) is 76.4 Å². The van der Waals surface area contributed by atoms with E-state index in [2.05, 4.69) is 39.7 Å². The van der Waals surface area contributed by atoms with Gasteiger partial charge in [-0.2, -0.15) is 39.5 Å². The summed E-state index contributed by atoms with van der Waals surface area (Å²) in [5.74, 6) is -1.03. The molecule has 10 aliphatic heterocycles. The molecule has 5 fully saturated rings. The maximum absolute atomic E-state index is 13.6. The van der Waals surface area contributed by atoms with E-state index in [1.807, 2.05) is 86.6 Å². The van der Waals surface area contributed by atoms with Crippen LogP contribution < -0.4 is 0 Å². The average molecular weight is 1980 g/mol. The highest BCUT2D eigenvalue weighted by atomic mass is 79.9. The Labute approximate surface area is 797 Å². The minimum Gasteiger partial charge on any atom is -0.391 e. The molecule has 3 N–H and O–H groups in total. The summed E-state index contributed by atoms with van der Waals surface area (Å²) in [5.41, 5.74) is 7.42. The number of benzene rings is 5. The van der Waals surface area contributed by atoms with Crippen LogP contribution in [0.4, 0.5) is 39.5 Å². The Morgan fingerprint density at radius 3 is 1.07 bits per heavy atom. The molecule has 0 bridgehead atoms. The van der Waals surface area contributed by atoms with Crippen LogP contribution in [0, 0.1) is 0 Å². The fourth-order valence-electron chi connectivity index (χ4n) is 18.7. The number of halogens is 11. The quantitative estimate of drug-likeness (QED) is 0.0757. The van der Waals surface area contributed by atoms with Crippen LogP contribution in [-0.2, 0) is 64.3 Å². The monoisotopic (exact) mass is 1980 g/mol. The number of β-amino-alcohol motifs (C(OH)–C–C–N with tert-alkyl or cyclic N) is 3. The molecule has 10 amide bonds. The lowest BCUT2D eigenvalue weighted by atomic mass is 9.96. The number of alkyl halides is 9. The van der Waals surface area contributed by atoms with Crippen LogP contribution in [0.2, 0.25) is 5.15 Å². The van der Waals surface area contributed by atoms with Crippen LogP contribution in [0.25, 0.3) is 0 Å². The number of aromatic nitrogens is 2. The van der Waals surface area contributed by atoms with Crippen molar-refractivity contribution >= 4 is 86.6 Å². The molecule has 2 aromatic heterocycles. The Kier molecular flexibility index (Phi) is 30.6. The molecule has 19 rings (SSSR count). The van der Waals surface area contributed by atoms with E-state index < -0.39 is 77.2 Å². The molecule has 730 valence electrons. The molecule has 25 nitrogen and oxygen atoms in total. The van der Waals surface area contributed by atoms with Gasteiger partial charge in [0.2, 0.25) is 0 Å². The molecule has 4 unspecified atom stereocenters. The first-order chi connectivity index (χ1) is 63.8. The van der Waals surface area contributed by atoms with E-state index in [1.165, 1.54) is 78.4 Å². The largest absolute Gasteiger partial charge is 0.416 e. The van der Waals surface area contributed by atoms with Crippen molar-refractivity contribution in [3.63, 3.8) is 0 Å². The summed E-state index contributed by atoms with van der Waals surface area (Å²) in [6, 6.07) is 21.1. The van der Waals surface area contributed by atoms with Crippen LogP contribution in [0.5, 0.6) is 0 Å². The number of pyridine rings is 2. The molecule has 5 aromatic carbocycles. The zero-order chi connectivity index (χ0) is 99.6. The van der Waals surface area contributed by atoms with Crippen molar-refractivity contribution in [3.8, 4) is 0 Å². The van der Waals surface area contributed by atoms with Crippen molar-refractivity contribution in [2.45, 2.75) is 292 Å². The van der Waals surface area contributed by atoms with Gasteiger partial charge in [-0.3, -0.25) is 52.9 Å². The van der Waals surface area contributed by atoms with Gasteiger partial charge in [0, 0.05) is 216 Å². The first-order valence-corrected chi connectivity index (χ1v) is 47.3. The number of nitrogens with zero attached hydrogens (tertiary/aromatic N) is 12. The van der Waals surface area contributed by atoms with Crippen LogP contribution in [0.1, 0.15) is 331 Å². The summed E-state index contributed by atoms with van der Waals surface area (Å²) in [5, 5.41) is 29.4. The Bertz CT molecular complexity index is 5760. The van der Waals surface area contributed by atoms with Crippen molar-refractivity contribution in [1.82, 2.24) is 59.0 Å². The van der Waals surface area contributed by atoms with E-state index in [0.29, 0.717) is 79.1 Å². The number of carbonyl (C=O) groups is 10. The third-order valence-corrected chi connectivity index (χ3v) is 27.7. The molecule has 2 aliphatic carbocycles. The van der Waals surface area contributed by atoms with Gasteiger partial charge in [-0.1, -0.05) is 39.7 Å². The van der Waals surface area contributed by atoms with Crippen LogP contribution >= 0.6 is 27.5 Å².